The highest BCUT2D eigenvalue weighted by molar-refractivity contribution is 7.09. The number of nitrogens with one attached hydrogen (secondary N) is 5. The van der Waals surface area contributed by atoms with Crippen LogP contribution in [0.3, 0.4) is 0 Å². The van der Waals surface area contributed by atoms with Crippen LogP contribution in [0.5, 0.6) is 0 Å². The van der Waals surface area contributed by atoms with E-state index in [9.17, 15) is 24.0 Å². The number of ether oxygens (including phenoxy) is 4. The Hall–Kier alpha value is -4.56. The van der Waals surface area contributed by atoms with E-state index < -0.39 is 42.1 Å². The van der Waals surface area contributed by atoms with E-state index in [4.69, 9.17) is 29.5 Å². The molecule has 346 valence electrons. The minimum Gasteiger partial charge on any atom is -0.508 e. The van der Waals surface area contributed by atoms with E-state index in [1.54, 1.807) is 10.3 Å². The van der Waals surface area contributed by atoms with Gasteiger partial charge in [-0.2, -0.15) is 0 Å². The molecule has 1 aromatic heterocycles. The van der Waals surface area contributed by atoms with Gasteiger partial charge in [0.1, 0.15) is 48.8 Å². The van der Waals surface area contributed by atoms with Gasteiger partial charge >= 0.3 is 6.09 Å². The van der Waals surface area contributed by atoms with Crippen LogP contribution in [0.15, 0.2) is 35.7 Å². The molecular formula is C43H69N9O9S. The summed E-state index contributed by atoms with van der Waals surface area (Å²) in [6, 6.07) is 6.52. The minimum absolute atomic E-state index is 0.0194. The van der Waals surface area contributed by atoms with Crippen molar-refractivity contribution in [2.45, 2.75) is 117 Å². The molecule has 2 aromatic rings. The third-order valence-electron chi connectivity index (χ3n) is 10.8. The van der Waals surface area contributed by atoms with Crippen LogP contribution in [-0.2, 0) is 39.8 Å². The average molecular weight is 888 g/mol. The molecule has 0 unspecified atom stereocenters. The van der Waals surface area contributed by atoms with Gasteiger partial charge in [0.05, 0.1) is 12.6 Å². The highest BCUT2D eigenvalue weighted by Gasteiger charge is 2.38. The summed E-state index contributed by atoms with van der Waals surface area (Å²) in [5.74, 6) is -1.88. The first-order chi connectivity index (χ1) is 29.8. The summed E-state index contributed by atoms with van der Waals surface area (Å²) in [4.78, 5) is 76.3. The average Bonchev–Trinajstić information content (AvgIpc) is 3.77. The van der Waals surface area contributed by atoms with Gasteiger partial charge in [0.25, 0.3) is 11.8 Å². The maximum absolute atomic E-state index is 14.7. The lowest BCUT2D eigenvalue weighted by molar-refractivity contribution is -0.484. The van der Waals surface area contributed by atoms with Gasteiger partial charge in [-0.1, -0.05) is 77.8 Å². The first kappa shape index (κ1) is 51.8. The summed E-state index contributed by atoms with van der Waals surface area (Å²) in [5.41, 5.74) is 13.9. The fraction of sp³-hybridized carbons (Fsp3) is 0.674. The van der Waals surface area contributed by atoms with E-state index in [1.807, 2.05) is 84.0 Å². The van der Waals surface area contributed by atoms with Gasteiger partial charge in [-0.25, -0.2) is 15.2 Å². The van der Waals surface area contributed by atoms with Crippen molar-refractivity contribution >= 4 is 41.1 Å². The molecule has 5 N–H and O–H groups in total. The normalized spacial score (nSPS) is 16.6. The number of aromatic nitrogens is 1. The van der Waals surface area contributed by atoms with Crippen molar-refractivity contribution < 1.29 is 48.0 Å². The molecule has 1 aliphatic rings. The number of likely N-dealkylation sites (tertiary alicyclic amines) is 1. The summed E-state index contributed by atoms with van der Waals surface area (Å²) in [6.07, 6.45) is 3.04. The summed E-state index contributed by atoms with van der Waals surface area (Å²) < 4.78 is 22.5. The summed E-state index contributed by atoms with van der Waals surface area (Å²) in [7, 11) is 1.95. The number of amides is 5. The van der Waals surface area contributed by atoms with Gasteiger partial charge in [0.2, 0.25) is 11.8 Å². The van der Waals surface area contributed by atoms with Crippen molar-refractivity contribution in [3.63, 3.8) is 0 Å². The SMILES string of the molecule is CCCO[C@H](C[C@H](C(C)C)N(COCC)C(=O)[C@@H](NC(=O)[C@H]1CCCCN1C)[C@@H](C)CC)c1nc(C(=O)N[C@@H](Cc2ccccc2)C(=O)NNC(=O)OCCOCC[NH+]=[N-])cs1. The molecule has 3 rings (SSSR count). The lowest BCUT2D eigenvalue weighted by atomic mass is 9.92. The van der Waals surface area contributed by atoms with Gasteiger partial charge in [-0.3, -0.25) is 29.5 Å². The molecule has 0 saturated carbocycles. The van der Waals surface area contributed by atoms with E-state index in [1.165, 1.54) is 11.3 Å². The summed E-state index contributed by atoms with van der Waals surface area (Å²) >= 11 is 1.24. The molecule has 5 amide bonds. The summed E-state index contributed by atoms with van der Waals surface area (Å²) in [6.45, 7) is 13.9. The van der Waals surface area contributed by atoms with E-state index in [0.717, 1.165) is 37.8 Å². The molecule has 1 aromatic carbocycles. The van der Waals surface area contributed by atoms with Crippen LogP contribution in [0.1, 0.15) is 107 Å². The second kappa shape index (κ2) is 28.2. The van der Waals surface area contributed by atoms with Crippen LogP contribution in [0.25, 0.3) is 5.53 Å². The van der Waals surface area contributed by atoms with Gasteiger partial charge in [0.15, 0.2) is 6.54 Å². The van der Waals surface area contributed by atoms with E-state index in [0.29, 0.717) is 31.1 Å². The fourth-order valence-electron chi connectivity index (χ4n) is 6.99. The lowest BCUT2D eigenvalue weighted by Gasteiger charge is -2.40. The Labute approximate surface area is 370 Å². The lowest BCUT2D eigenvalue weighted by Crippen LogP contribution is -2.64. The van der Waals surface area contributed by atoms with Gasteiger partial charge in [-0.05, 0) is 57.2 Å². The molecule has 2 heterocycles. The maximum atomic E-state index is 14.7. The third kappa shape index (κ3) is 17.0. The zero-order chi connectivity index (χ0) is 45.4. The largest absolute Gasteiger partial charge is 0.508 e. The van der Waals surface area contributed by atoms with Gasteiger partial charge in [-0.15, -0.1) is 11.3 Å². The molecule has 0 bridgehead atoms. The van der Waals surface area contributed by atoms with Crippen molar-refractivity contribution in [2.75, 3.05) is 59.9 Å². The Kier molecular flexibility index (Phi) is 23.6. The second-order valence-corrected chi connectivity index (χ2v) is 16.6. The number of hydrogen-bond donors (Lipinski definition) is 5. The van der Waals surface area contributed by atoms with Gasteiger partial charge < -0.3 is 45.1 Å². The zero-order valence-corrected chi connectivity index (χ0v) is 38.3. The number of likely N-dealkylation sites (N-methyl/N-ethyl adjacent to an activating group) is 1. The number of rotatable bonds is 27. The van der Waals surface area contributed by atoms with Crippen molar-refractivity contribution in [3.8, 4) is 0 Å². The van der Waals surface area contributed by atoms with Crippen LogP contribution in [0, 0.1) is 11.8 Å². The van der Waals surface area contributed by atoms with Crippen molar-refractivity contribution in [3.05, 3.63) is 57.5 Å². The number of nitrogens with zero attached hydrogens (tertiary/aromatic N) is 4. The molecular weight excluding hydrogens is 819 g/mol. The van der Waals surface area contributed by atoms with Gasteiger partial charge in [0, 0.05) is 37.5 Å². The molecule has 62 heavy (non-hydrogen) atoms. The summed E-state index contributed by atoms with van der Waals surface area (Å²) in [5, 5.41) is 9.98. The number of benzene rings is 1. The molecule has 0 radical (unpaired) electrons. The molecule has 0 spiro atoms. The predicted molar refractivity (Wildman–Crippen MR) is 233 cm³/mol. The number of hydrazine groups is 1. The van der Waals surface area contributed by atoms with E-state index >= 15 is 0 Å². The molecule has 1 fully saturated rings. The Bertz CT molecular complexity index is 1680. The smallest absolute Gasteiger partial charge is 0.426 e. The Balaban J connectivity index is 1.82. The highest BCUT2D eigenvalue weighted by Crippen LogP contribution is 2.32. The first-order valence-corrected chi connectivity index (χ1v) is 22.7. The molecule has 0 aliphatic carbocycles. The van der Waals surface area contributed by atoms with Crippen LogP contribution in [-0.4, -0.2) is 129 Å². The van der Waals surface area contributed by atoms with Crippen molar-refractivity contribution in [1.29, 1.82) is 0 Å². The molecule has 1 aliphatic heterocycles. The maximum Gasteiger partial charge on any atom is 0.426 e. The van der Waals surface area contributed by atoms with Crippen LogP contribution in [0.4, 0.5) is 4.79 Å². The quantitative estimate of drug-likeness (QED) is 0.0379. The molecule has 18 nitrogen and oxygen atoms in total. The second-order valence-electron chi connectivity index (χ2n) is 15.8. The number of carbonyl (C=O) groups excluding carboxylic acids is 5. The van der Waals surface area contributed by atoms with Crippen molar-refractivity contribution in [2.24, 2.45) is 11.8 Å². The molecule has 19 heteroatoms. The Morgan fingerprint density at radius 1 is 0.984 bits per heavy atom. The monoisotopic (exact) mass is 887 g/mol. The third-order valence-corrected chi connectivity index (χ3v) is 11.7. The standard InChI is InChI=1S/C43H69N9O9S/c1-8-21-60-36(26-35(29(4)5)52(28-58-10-3)42(56)37(30(6)9-2)48-40(55)34-18-14-15-20-51(34)7)41-47-33(27-62-41)38(53)46-32(25-31-16-12-11-13-17-31)39(54)49-50-43(57)61-24-23-59-22-19-45-44/h11-13,16-17,27,29-30,32,34-37,45H,8-10,14-15,18-26,28H2,1-7H3,(H,46,53)(H,48,55)(H,49,54)(H,50,57)/t30-,32-,34+,35+,36+,37-/m0/s1. The molecule has 6 atom stereocenters. The Morgan fingerprint density at radius 2 is 1.74 bits per heavy atom. The number of carbonyl (C=O) groups is 5. The zero-order valence-electron chi connectivity index (χ0n) is 37.5. The molecule has 1 saturated heterocycles. The fourth-order valence-corrected chi connectivity index (χ4v) is 7.85. The number of thiazole rings is 1. The van der Waals surface area contributed by atoms with Crippen LogP contribution in [0.2, 0.25) is 0 Å². The van der Waals surface area contributed by atoms with E-state index in [2.05, 4.69) is 26.4 Å². The number of hydrogen-bond acceptors (Lipinski definition) is 12. The first-order valence-electron chi connectivity index (χ1n) is 21.8. The highest BCUT2D eigenvalue weighted by atomic mass is 32.1. The number of piperidine rings is 1. The predicted octanol–water partition coefficient (Wildman–Crippen LogP) is 3.08. The van der Waals surface area contributed by atoms with Crippen LogP contribution < -0.4 is 26.6 Å². The van der Waals surface area contributed by atoms with Crippen molar-refractivity contribution in [1.82, 2.24) is 36.3 Å². The minimum atomic E-state index is -1.11. The topological polar surface area (TPSA) is 226 Å². The Morgan fingerprint density at radius 3 is 2.40 bits per heavy atom. The van der Waals surface area contributed by atoms with E-state index in [-0.39, 0.29) is 74.9 Å². The van der Waals surface area contributed by atoms with Crippen LogP contribution >= 0.6 is 11.3 Å².